The summed E-state index contributed by atoms with van der Waals surface area (Å²) in [5.74, 6) is -1.48. The van der Waals surface area contributed by atoms with Crippen LogP contribution in [0.15, 0.2) is 29.4 Å². The van der Waals surface area contributed by atoms with Crippen molar-refractivity contribution in [2.45, 2.75) is 32.7 Å². The molecule has 21 heavy (non-hydrogen) atoms. The third-order valence-electron chi connectivity index (χ3n) is 3.37. The lowest BCUT2D eigenvalue weighted by atomic mass is 10.1. The molecule has 0 aliphatic carbocycles. The molecule has 1 aromatic rings. The predicted molar refractivity (Wildman–Crippen MR) is 80.7 cm³/mol. The third-order valence-corrected chi connectivity index (χ3v) is 3.37. The number of aliphatic carboxylic acids is 1. The molecule has 0 aromatic heterocycles. The zero-order chi connectivity index (χ0) is 15.6. The molecule has 0 atom stereocenters. The highest BCUT2D eigenvalue weighted by Crippen LogP contribution is 2.20. The molecule has 1 amide bonds. The second-order valence-electron chi connectivity index (χ2n) is 5.64. The summed E-state index contributed by atoms with van der Waals surface area (Å²) in [6.07, 6.45) is 0.940. The van der Waals surface area contributed by atoms with Gasteiger partial charge in [0.1, 0.15) is 5.54 Å². The largest absolute Gasteiger partial charge is 0.480 e. The molecule has 112 valence electrons. The number of anilines is 1. The van der Waals surface area contributed by atoms with E-state index in [1.165, 1.54) is 13.8 Å². The fourth-order valence-electron chi connectivity index (χ4n) is 1.95. The summed E-state index contributed by atoms with van der Waals surface area (Å²) in [5.41, 5.74) is 1.13. The molecule has 6 heteroatoms. The highest BCUT2D eigenvalue weighted by Gasteiger charge is 2.29. The summed E-state index contributed by atoms with van der Waals surface area (Å²) >= 11 is 0. The molecule has 1 heterocycles. The molecule has 2 N–H and O–H groups in total. The average Bonchev–Trinajstić information content (AvgIpc) is 2.85. The second-order valence-corrected chi connectivity index (χ2v) is 5.64. The van der Waals surface area contributed by atoms with E-state index in [0.29, 0.717) is 5.56 Å². The van der Waals surface area contributed by atoms with Gasteiger partial charge in [0.25, 0.3) is 5.91 Å². The van der Waals surface area contributed by atoms with Crippen molar-refractivity contribution >= 4 is 23.3 Å². The van der Waals surface area contributed by atoms with Crippen LogP contribution in [0.25, 0.3) is 0 Å². The van der Waals surface area contributed by atoms with Crippen LogP contribution in [-0.4, -0.2) is 34.8 Å². The quantitative estimate of drug-likeness (QED) is 0.886. The van der Waals surface area contributed by atoms with Crippen molar-refractivity contribution in [1.29, 1.82) is 0 Å². The lowest BCUT2D eigenvalue weighted by Crippen LogP contribution is -2.49. The van der Waals surface area contributed by atoms with Crippen molar-refractivity contribution in [2.75, 3.05) is 11.6 Å². The maximum atomic E-state index is 12.0. The normalized spacial score (nSPS) is 14.8. The van der Waals surface area contributed by atoms with Gasteiger partial charge in [-0.15, -0.1) is 0 Å². The summed E-state index contributed by atoms with van der Waals surface area (Å²) < 4.78 is 0. The van der Waals surface area contributed by atoms with Crippen molar-refractivity contribution < 1.29 is 14.7 Å². The van der Waals surface area contributed by atoms with E-state index in [0.717, 1.165) is 24.4 Å². The first-order valence-electron chi connectivity index (χ1n) is 6.77. The van der Waals surface area contributed by atoms with Gasteiger partial charge >= 0.3 is 5.97 Å². The van der Waals surface area contributed by atoms with E-state index >= 15 is 0 Å². The monoisotopic (exact) mass is 289 g/mol. The molecule has 1 aromatic carbocycles. The number of carboxylic acid groups (broad SMARTS) is 1. The molecule has 0 fully saturated rings. The van der Waals surface area contributed by atoms with Gasteiger partial charge in [0.05, 0.1) is 5.69 Å². The lowest BCUT2D eigenvalue weighted by molar-refractivity contribution is -0.143. The van der Waals surface area contributed by atoms with Gasteiger partial charge in [0.15, 0.2) is 0 Å². The number of carbonyl (C=O) groups excluding carboxylic acids is 1. The molecule has 2 rings (SSSR count). The molecular formula is C15H19N3O3. The van der Waals surface area contributed by atoms with Crippen LogP contribution in [0.4, 0.5) is 5.69 Å². The highest BCUT2D eigenvalue weighted by atomic mass is 16.4. The first kappa shape index (κ1) is 15.0. The molecule has 0 spiro atoms. The Hall–Kier alpha value is -2.37. The Labute approximate surface area is 123 Å². The number of carbonyl (C=O) groups is 2. The Bertz CT molecular complexity index is 591. The SMILES string of the molecule is CC1=NN(c2ccc(C(=O)NC(C)(C)C(=O)O)cc2)CC1. The molecule has 6 nitrogen and oxygen atoms in total. The zero-order valence-electron chi connectivity index (χ0n) is 12.4. The molecular weight excluding hydrogens is 270 g/mol. The number of amides is 1. The maximum Gasteiger partial charge on any atom is 0.328 e. The number of benzene rings is 1. The van der Waals surface area contributed by atoms with Crippen LogP contribution in [-0.2, 0) is 4.79 Å². The third kappa shape index (κ3) is 3.39. The van der Waals surface area contributed by atoms with Gasteiger partial charge in [-0.05, 0) is 45.0 Å². The van der Waals surface area contributed by atoms with Crippen molar-refractivity contribution in [2.24, 2.45) is 5.10 Å². The molecule has 0 bridgehead atoms. The minimum Gasteiger partial charge on any atom is -0.480 e. The number of hydrogen-bond acceptors (Lipinski definition) is 4. The van der Waals surface area contributed by atoms with Gasteiger partial charge < -0.3 is 10.4 Å². The number of rotatable bonds is 4. The first-order valence-corrected chi connectivity index (χ1v) is 6.77. The number of carboxylic acids is 1. The van der Waals surface area contributed by atoms with E-state index in [-0.39, 0.29) is 0 Å². The van der Waals surface area contributed by atoms with Crippen LogP contribution in [0.1, 0.15) is 37.6 Å². The smallest absolute Gasteiger partial charge is 0.328 e. The minimum absolute atomic E-state index is 0.407. The molecule has 0 unspecified atom stereocenters. The fourth-order valence-corrected chi connectivity index (χ4v) is 1.95. The van der Waals surface area contributed by atoms with Crippen LogP contribution >= 0.6 is 0 Å². The van der Waals surface area contributed by atoms with Gasteiger partial charge in [0.2, 0.25) is 0 Å². The first-order chi connectivity index (χ1) is 9.79. The summed E-state index contributed by atoms with van der Waals surface area (Å²) in [7, 11) is 0. The molecule has 0 saturated heterocycles. The summed E-state index contributed by atoms with van der Waals surface area (Å²) in [5, 5.41) is 17.8. The Balaban J connectivity index is 2.09. The molecule has 0 saturated carbocycles. The number of hydrazone groups is 1. The standard InChI is InChI=1S/C15H19N3O3/c1-10-8-9-18(17-10)12-6-4-11(5-7-12)13(19)16-15(2,3)14(20)21/h4-7H,8-9H2,1-3H3,(H,16,19)(H,20,21). The van der Waals surface area contributed by atoms with Crippen molar-refractivity contribution in [3.8, 4) is 0 Å². The van der Waals surface area contributed by atoms with Crippen molar-refractivity contribution in [3.63, 3.8) is 0 Å². The topological polar surface area (TPSA) is 82.0 Å². The van der Waals surface area contributed by atoms with Crippen molar-refractivity contribution in [3.05, 3.63) is 29.8 Å². The Morgan fingerprint density at radius 3 is 2.38 bits per heavy atom. The van der Waals surface area contributed by atoms with Crippen molar-refractivity contribution in [1.82, 2.24) is 5.32 Å². The number of nitrogens with one attached hydrogen (secondary N) is 1. The Morgan fingerprint density at radius 2 is 1.90 bits per heavy atom. The Kier molecular flexibility index (Phi) is 3.97. The maximum absolute atomic E-state index is 12.0. The summed E-state index contributed by atoms with van der Waals surface area (Å²) in [4.78, 5) is 23.0. The number of nitrogens with zero attached hydrogens (tertiary/aromatic N) is 2. The molecule has 1 aliphatic heterocycles. The lowest BCUT2D eigenvalue weighted by Gasteiger charge is -2.21. The van der Waals surface area contributed by atoms with Crippen LogP contribution in [0.3, 0.4) is 0 Å². The van der Waals surface area contributed by atoms with Crippen LogP contribution in [0, 0.1) is 0 Å². The number of hydrogen-bond donors (Lipinski definition) is 2. The highest BCUT2D eigenvalue weighted by molar-refractivity contribution is 5.98. The van der Waals surface area contributed by atoms with E-state index in [2.05, 4.69) is 10.4 Å². The van der Waals surface area contributed by atoms with Crippen LogP contribution in [0.2, 0.25) is 0 Å². The molecule has 1 aliphatic rings. The second kappa shape index (κ2) is 5.55. The van der Waals surface area contributed by atoms with E-state index in [9.17, 15) is 9.59 Å². The van der Waals surface area contributed by atoms with Gasteiger partial charge in [-0.1, -0.05) is 0 Å². The van der Waals surface area contributed by atoms with E-state index < -0.39 is 17.4 Å². The van der Waals surface area contributed by atoms with Gasteiger partial charge in [0, 0.05) is 24.2 Å². The molecule has 0 radical (unpaired) electrons. The summed E-state index contributed by atoms with van der Waals surface area (Å²) in [6.45, 7) is 5.71. The minimum atomic E-state index is -1.30. The summed E-state index contributed by atoms with van der Waals surface area (Å²) in [6, 6.07) is 6.97. The van der Waals surface area contributed by atoms with Gasteiger partial charge in [-0.25, -0.2) is 4.79 Å². The van der Waals surface area contributed by atoms with E-state index in [4.69, 9.17) is 5.11 Å². The average molecular weight is 289 g/mol. The van der Waals surface area contributed by atoms with Gasteiger partial charge in [-0.3, -0.25) is 9.80 Å². The van der Waals surface area contributed by atoms with E-state index in [1.807, 2.05) is 24.1 Å². The fraction of sp³-hybridized carbons (Fsp3) is 0.400. The van der Waals surface area contributed by atoms with Gasteiger partial charge in [-0.2, -0.15) is 5.10 Å². The Morgan fingerprint density at radius 1 is 1.29 bits per heavy atom. The van der Waals surface area contributed by atoms with Crippen LogP contribution < -0.4 is 10.3 Å². The predicted octanol–water partition coefficient (Wildman–Crippen LogP) is 1.87. The van der Waals surface area contributed by atoms with E-state index in [1.54, 1.807) is 12.1 Å². The zero-order valence-corrected chi connectivity index (χ0v) is 12.4. The van der Waals surface area contributed by atoms with Crippen LogP contribution in [0.5, 0.6) is 0 Å².